The average Bonchev–Trinajstić information content (AvgIpc) is 2.42. The fraction of sp³-hybridized carbons (Fsp3) is 0.529. The Kier molecular flexibility index (Phi) is 6.92. The molecule has 1 aromatic carbocycles. The molecule has 21 heavy (non-hydrogen) atoms. The monoisotopic (exact) mass is 291 g/mol. The fourth-order valence-corrected chi connectivity index (χ4v) is 2.15. The topological polar surface area (TPSA) is 57.6 Å². The number of hydrogen-bond donors (Lipinski definition) is 1. The van der Waals surface area contributed by atoms with Crippen LogP contribution in [0.3, 0.4) is 0 Å². The molecule has 0 aliphatic carbocycles. The lowest BCUT2D eigenvalue weighted by molar-refractivity contribution is -0.138. The van der Waals surface area contributed by atoms with Crippen molar-refractivity contribution in [3.8, 4) is 0 Å². The lowest BCUT2D eigenvalue weighted by Crippen LogP contribution is -2.36. The number of carbonyl (C=O) groups excluding carboxylic acids is 1. The molecular weight excluding hydrogens is 266 g/mol. The molecule has 0 radical (unpaired) electrons. The summed E-state index contributed by atoms with van der Waals surface area (Å²) in [6, 6.07) is 8.14. The SMILES string of the molecule is Cc1ccc(CCC(=O)N(CCC(=O)O)CC(C)C)cc1. The third-order valence-electron chi connectivity index (χ3n) is 3.28. The molecule has 116 valence electrons. The van der Waals surface area contributed by atoms with Gasteiger partial charge in [0.15, 0.2) is 0 Å². The van der Waals surface area contributed by atoms with Crippen molar-refractivity contribution in [3.63, 3.8) is 0 Å². The predicted octanol–water partition coefficient (Wildman–Crippen LogP) is 2.89. The van der Waals surface area contributed by atoms with E-state index < -0.39 is 5.97 Å². The van der Waals surface area contributed by atoms with Crippen molar-refractivity contribution in [1.29, 1.82) is 0 Å². The highest BCUT2D eigenvalue weighted by Crippen LogP contribution is 2.09. The molecule has 0 unspecified atom stereocenters. The Hall–Kier alpha value is -1.84. The smallest absolute Gasteiger partial charge is 0.305 e. The molecule has 0 saturated carbocycles. The van der Waals surface area contributed by atoms with Gasteiger partial charge in [0, 0.05) is 19.5 Å². The molecule has 1 N–H and O–H groups in total. The van der Waals surface area contributed by atoms with Crippen LogP contribution >= 0.6 is 0 Å². The first-order valence-electron chi connectivity index (χ1n) is 7.43. The molecule has 1 aromatic rings. The van der Waals surface area contributed by atoms with Crippen LogP contribution in [0.15, 0.2) is 24.3 Å². The Bertz CT molecular complexity index is 465. The standard InChI is InChI=1S/C17H25NO3/c1-13(2)12-18(11-10-17(20)21)16(19)9-8-15-6-4-14(3)5-7-15/h4-7,13H,8-12H2,1-3H3,(H,20,21). The summed E-state index contributed by atoms with van der Waals surface area (Å²) in [5.74, 6) is -0.497. The summed E-state index contributed by atoms with van der Waals surface area (Å²) in [5, 5.41) is 8.77. The second-order valence-electron chi connectivity index (χ2n) is 5.86. The Morgan fingerprint density at radius 2 is 1.76 bits per heavy atom. The van der Waals surface area contributed by atoms with Crippen LogP contribution in [0.2, 0.25) is 0 Å². The molecule has 0 aliphatic rings. The van der Waals surface area contributed by atoms with E-state index in [-0.39, 0.29) is 12.3 Å². The van der Waals surface area contributed by atoms with E-state index in [9.17, 15) is 9.59 Å². The van der Waals surface area contributed by atoms with E-state index in [1.54, 1.807) is 4.90 Å². The van der Waals surface area contributed by atoms with Gasteiger partial charge in [0.25, 0.3) is 0 Å². The van der Waals surface area contributed by atoms with Gasteiger partial charge in [-0.2, -0.15) is 0 Å². The van der Waals surface area contributed by atoms with Crippen molar-refractivity contribution >= 4 is 11.9 Å². The van der Waals surface area contributed by atoms with Gasteiger partial charge in [0.05, 0.1) is 6.42 Å². The number of carbonyl (C=O) groups is 2. The zero-order valence-corrected chi connectivity index (χ0v) is 13.1. The number of carboxylic acids is 1. The number of aliphatic carboxylic acids is 1. The molecule has 1 rings (SSSR count). The minimum Gasteiger partial charge on any atom is -0.481 e. The second kappa shape index (κ2) is 8.45. The van der Waals surface area contributed by atoms with Crippen LogP contribution in [-0.4, -0.2) is 35.0 Å². The number of benzene rings is 1. The maximum Gasteiger partial charge on any atom is 0.305 e. The Morgan fingerprint density at radius 3 is 2.29 bits per heavy atom. The zero-order valence-electron chi connectivity index (χ0n) is 13.1. The van der Waals surface area contributed by atoms with E-state index in [0.29, 0.717) is 31.8 Å². The van der Waals surface area contributed by atoms with Gasteiger partial charge < -0.3 is 10.0 Å². The van der Waals surface area contributed by atoms with Gasteiger partial charge in [0.1, 0.15) is 0 Å². The van der Waals surface area contributed by atoms with E-state index in [2.05, 4.69) is 0 Å². The van der Waals surface area contributed by atoms with E-state index >= 15 is 0 Å². The summed E-state index contributed by atoms with van der Waals surface area (Å²) in [7, 11) is 0. The normalized spacial score (nSPS) is 10.7. The molecule has 0 bridgehead atoms. The van der Waals surface area contributed by atoms with E-state index in [0.717, 1.165) is 5.56 Å². The van der Waals surface area contributed by atoms with Crippen molar-refractivity contribution in [2.75, 3.05) is 13.1 Å². The van der Waals surface area contributed by atoms with Gasteiger partial charge in [0.2, 0.25) is 5.91 Å². The van der Waals surface area contributed by atoms with Gasteiger partial charge in [-0.15, -0.1) is 0 Å². The molecule has 4 nitrogen and oxygen atoms in total. The number of hydrogen-bond acceptors (Lipinski definition) is 2. The molecule has 0 atom stereocenters. The van der Waals surface area contributed by atoms with Crippen molar-refractivity contribution < 1.29 is 14.7 Å². The van der Waals surface area contributed by atoms with Gasteiger partial charge >= 0.3 is 5.97 Å². The van der Waals surface area contributed by atoms with Crippen LogP contribution in [0.25, 0.3) is 0 Å². The number of rotatable bonds is 8. The number of aryl methyl sites for hydroxylation is 2. The Labute approximate surface area is 126 Å². The molecule has 0 fully saturated rings. The van der Waals surface area contributed by atoms with Crippen LogP contribution in [0, 0.1) is 12.8 Å². The number of nitrogens with zero attached hydrogens (tertiary/aromatic N) is 1. The van der Waals surface area contributed by atoms with E-state index in [4.69, 9.17) is 5.11 Å². The van der Waals surface area contributed by atoms with E-state index in [1.165, 1.54) is 5.56 Å². The quantitative estimate of drug-likeness (QED) is 0.801. The maximum atomic E-state index is 12.3. The summed E-state index contributed by atoms with van der Waals surface area (Å²) in [6.07, 6.45) is 1.12. The summed E-state index contributed by atoms with van der Waals surface area (Å²) in [4.78, 5) is 24.6. The third kappa shape index (κ3) is 6.93. The zero-order chi connectivity index (χ0) is 15.8. The minimum absolute atomic E-state index is 0.00297. The van der Waals surface area contributed by atoms with Crippen molar-refractivity contribution in [2.24, 2.45) is 5.92 Å². The highest BCUT2D eigenvalue weighted by Gasteiger charge is 2.15. The third-order valence-corrected chi connectivity index (χ3v) is 3.28. The lowest BCUT2D eigenvalue weighted by Gasteiger charge is -2.24. The van der Waals surface area contributed by atoms with Crippen molar-refractivity contribution in [1.82, 2.24) is 4.90 Å². The largest absolute Gasteiger partial charge is 0.481 e. The molecule has 4 heteroatoms. The number of carboxylic acid groups (broad SMARTS) is 1. The predicted molar refractivity (Wildman–Crippen MR) is 83.2 cm³/mol. The van der Waals surface area contributed by atoms with Crippen molar-refractivity contribution in [2.45, 2.75) is 40.0 Å². The molecule has 0 heterocycles. The first-order chi connectivity index (χ1) is 9.88. The lowest BCUT2D eigenvalue weighted by atomic mass is 10.1. The fourth-order valence-electron chi connectivity index (χ4n) is 2.15. The molecule has 0 aromatic heterocycles. The van der Waals surface area contributed by atoms with Crippen LogP contribution in [0.1, 0.15) is 37.8 Å². The highest BCUT2D eigenvalue weighted by atomic mass is 16.4. The number of amides is 1. The molecular formula is C17H25NO3. The van der Waals surface area contributed by atoms with Gasteiger partial charge in [-0.1, -0.05) is 43.7 Å². The van der Waals surface area contributed by atoms with Crippen LogP contribution in [0.4, 0.5) is 0 Å². The Balaban J connectivity index is 2.54. The Morgan fingerprint density at radius 1 is 1.14 bits per heavy atom. The maximum absolute atomic E-state index is 12.3. The molecule has 0 spiro atoms. The van der Waals surface area contributed by atoms with Crippen LogP contribution < -0.4 is 0 Å². The second-order valence-corrected chi connectivity index (χ2v) is 5.86. The first-order valence-corrected chi connectivity index (χ1v) is 7.43. The molecule has 1 amide bonds. The van der Waals surface area contributed by atoms with Gasteiger partial charge in [-0.3, -0.25) is 9.59 Å². The summed E-state index contributed by atoms with van der Waals surface area (Å²) in [6.45, 7) is 6.99. The summed E-state index contributed by atoms with van der Waals surface area (Å²) in [5.41, 5.74) is 2.34. The van der Waals surface area contributed by atoms with E-state index in [1.807, 2.05) is 45.0 Å². The summed E-state index contributed by atoms with van der Waals surface area (Å²) >= 11 is 0. The minimum atomic E-state index is -0.866. The van der Waals surface area contributed by atoms with Gasteiger partial charge in [-0.05, 0) is 24.8 Å². The molecule has 0 saturated heterocycles. The van der Waals surface area contributed by atoms with Crippen molar-refractivity contribution in [3.05, 3.63) is 35.4 Å². The molecule has 0 aliphatic heterocycles. The first kappa shape index (κ1) is 17.2. The van der Waals surface area contributed by atoms with Crippen LogP contribution in [-0.2, 0) is 16.0 Å². The van der Waals surface area contributed by atoms with Gasteiger partial charge in [-0.25, -0.2) is 0 Å². The summed E-state index contributed by atoms with van der Waals surface area (Å²) < 4.78 is 0. The highest BCUT2D eigenvalue weighted by molar-refractivity contribution is 5.77. The van der Waals surface area contributed by atoms with Crippen LogP contribution in [0.5, 0.6) is 0 Å². The average molecular weight is 291 g/mol.